The third-order valence-electron chi connectivity index (χ3n) is 7.71. The molecule has 6 nitrogen and oxygen atoms in total. The highest BCUT2D eigenvalue weighted by Crippen LogP contribution is 2.42. The SMILES string of the molecule is COc1ccc(N2CCN(C(=O)c3ccc(C=C4Sc5ccccc5N(Cc5cccc(C)c5)C4=O)cc3)CC2)cc1. The Morgan fingerprint density at radius 3 is 2.33 bits per heavy atom. The molecule has 7 heteroatoms. The summed E-state index contributed by atoms with van der Waals surface area (Å²) in [4.78, 5) is 34.7. The van der Waals surface area contributed by atoms with Crippen molar-refractivity contribution in [3.05, 3.63) is 124 Å². The van der Waals surface area contributed by atoms with Crippen LogP contribution in [0.5, 0.6) is 5.75 Å². The van der Waals surface area contributed by atoms with Gasteiger partial charge in [-0.2, -0.15) is 0 Å². The summed E-state index contributed by atoms with van der Waals surface area (Å²) in [7, 11) is 1.66. The van der Waals surface area contributed by atoms with Gasteiger partial charge < -0.3 is 19.4 Å². The minimum atomic E-state index is -0.0184. The standard InChI is InChI=1S/C35H33N3O3S/c1-25-6-5-7-27(22-25)24-38-31-8-3-4-9-32(31)42-33(35(38)40)23-26-10-12-28(13-11-26)34(39)37-20-18-36(19-21-37)29-14-16-30(41-2)17-15-29/h3-17,22-23H,18-21,24H2,1-2H3. The topological polar surface area (TPSA) is 53.1 Å². The number of ether oxygens (including phenoxy) is 1. The van der Waals surface area contributed by atoms with Gasteiger partial charge in [-0.05, 0) is 72.7 Å². The Morgan fingerprint density at radius 1 is 0.881 bits per heavy atom. The predicted octanol–water partition coefficient (Wildman–Crippen LogP) is 6.65. The molecule has 0 N–H and O–H groups in total. The van der Waals surface area contributed by atoms with Crippen molar-refractivity contribution in [3.8, 4) is 5.75 Å². The molecule has 4 aromatic rings. The highest BCUT2D eigenvalue weighted by molar-refractivity contribution is 8.04. The van der Waals surface area contributed by atoms with E-state index in [0.29, 0.717) is 30.1 Å². The summed E-state index contributed by atoms with van der Waals surface area (Å²) < 4.78 is 5.26. The molecule has 2 aliphatic heterocycles. The number of thioether (sulfide) groups is 1. The van der Waals surface area contributed by atoms with E-state index in [1.807, 2.05) is 76.5 Å². The molecule has 2 amide bonds. The largest absolute Gasteiger partial charge is 0.497 e. The number of benzene rings is 4. The van der Waals surface area contributed by atoms with Crippen molar-refractivity contribution >= 4 is 41.0 Å². The maximum Gasteiger partial charge on any atom is 0.265 e. The summed E-state index contributed by atoms with van der Waals surface area (Å²) in [6.45, 7) is 5.46. The van der Waals surface area contributed by atoms with Crippen LogP contribution >= 0.6 is 11.8 Å². The van der Waals surface area contributed by atoms with Crippen molar-refractivity contribution < 1.29 is 14.3 Å². The van der Waals surface area contributed by atoms with E-state index in [-0.39, 0.29) is 11.8 Å². The van der Waals surface area contributed by atoms with E-state index >= 15 is 0 Å². The van der Waals surface area contributed by atoms with E-state index in [0.717, 1.165) is 46.2 Å². The Kier molecular flexibility index (Phi) is 8.02. The van der Waals surface area contributed by atoms with Gasteiger partial charge in [0, 0.05) is 42.3 Å². The van der Waals surface area contributed by atoms with Gasteiger partial charge >= 0.3 is 0 Å². The molecule has 0 spiro atoms. The molecule has 0 atom stereocenters. The number of nitrogens with zero attached hydrogens (tertiary/aromatic N) is 3. The van der Waals surface area contributed by atoms with Crippen LogP contribution in [-0.2, 0) is 11.3 Å². The molecule has 6 rings (SSSR count). The average molecular weight is 576 g/mol. The van der Waals surface area contributed by atoms with Crippen LogP contribution in [0, 0.1) is 6.92 Å². The first kappa shape index (κ1) is 27.7. The first-order valence-electron chi connectivity index (χ1n) is 14.1. The molecule has 0 bridgehead atoms. The van der Waals surface area contributed by atoms with Gasteiger partial charge in [0.05, 0.1) is 24.2 Å². The molecular formula is C35H33N3O3S. The van der Waals surface area contributed by atoms with Crippen LogP contribution in [-0.4, -0.2) is 50.0 Å². The Hall–Kier alpha value is -4.49. The molecule has 1 saturated heterocycles. The number of carbonyl (C=O) groups is 2. The third kappa shape index (κ3) is 5.92. The number of rotatable bonds is 6. The van der Waals surface area contributed by atoms with Crippen molar-refractivity contribution in [2.24, 2.45) is 0 Å². The molecule has 0 radical (unpaired) electrons. The van der Waals surface area contributed by atoms with E-state index < -0.39 is 0 Å². The molecular weight excluding hydrogens is 542 g/mol. The molecule has 2 heterocycles. The Balaban J connectivity index is 1.14. The Labute approximate surface area is 251 Å². The normalized spacial score (nSPS) is 16.0. The molecule has 0 unspecified atom stereocenters. The zero-order valence-corrected chi connectivity index (χ0v) is 24.6. The number of carbonyl (C=O) groups excluding carboxylic acids is 2. The van der Waals surface area contributed by atoms with Crippen LogP contribution in [0.1, 0.15) is 27.0 Å². The van der Waals surface area contributed by atoms with E-state index in [9.17, 15) is 9.59 Å². The fourth-order valence-electron chi connectivity index (χ4n) is 5.43. The lowest BCUT2D eigenvalue weighted by Crippen LogP contribution is -2.48. The summed E-state index contributed by atoms with van der Waals surface area (Å²) in [6.07, 6.45) is 1.92. The number of aryl methyl sites for hydroxylation is 1. The molecule has 4 aromatic carbocycles. The van der Waals surface area contributed by atoms with Crippen LogP contribution in [0.3, 0.4) is 0 Å². The number of anilines is 2. The van der Waals surface area contributed by atoms with Crippen molar-refractivity contribution in [2.75, 3.05) is 43.1 Å². The first-order valence-corrected chi connectivity index (χ1v) is 14.9. The van der Waals surface area contributed by atoms with Gasteiger partial charge in [0.15, 0.2) is 0 Å². The minimum absolute atomic E-state index is 0.0184. The predicted molar refractivity (Wildman–Crippen MR) is 170 cm³/mol. The van der Waals surface area contributed by atoms with Gasteiger partial charge in [0.1, 0.15) is 5.75 Å². The lowest BCUT2D eigenvalue weighted by atomic mass is 10.1. The minimum Gasteiger partial charge on any atom is -0.497 e. The fourth-order valence-corrected chi connectivity index (χ4v) is 6.49. The van der Waals surface area contributed by atoms with Crippen molar-refractivity contribution in [3.63, 3.8) is 0 Å². The summed E-state index contributed by atoms with van der Waals surface area (Å²) in [5, 5.41) is 0. The van der Waals surface area contributed by atoms with Crippen LogP contribution < -0.4 is 14.5 Å². The molecule has 2 aliphatic rings. The van der Waals surface area contributed by atoms with Crippen LogP contribution in [0.4, 0.5) is 11.4 Å². The maximum absolute atomic E-state index is 13.7. The molecule has 212 valence electrons. The highest BCUT2D eigenvalue weighted by Gasteiger charge is 2.29. The number of amides is 2. The molecule has 0 aromatic heterocycles. The van der Waals surface area contributed by atoms with Crippen LogP contribution in [0.25, 0.3) is 6.08 Å². The number of fused-ring (bicyclic) bond motifs is 1. The number of hydrogen-bond acceptors (Lipinski definition) is 5. The second kappa shape index (κ2) is 12.2. The second-order valence-electron chi connectivity index (χ2n) is 10.6. The van der Waals surface area contributed by atoms with Gasteiger partial charge in [-0.15, -0.1) is 0 Å². The van der Waals surface area contributed by atoms with E-state index in [1.54, 1.807) is 7.11 Å². The fraction of sp³-hybridized carbons (Fsp3) is 0.200. The maximum atomic E-state index is 13.7. The quantitative estimate of drug-likeness (QED) is 0.241. The Morgan fingerprint density at radius 2 is 1.62 bits per heavy atom. The molecule has 0 aliphatic carbocycles. The van der Waals surface area contributed by atoms with Gasteiger partial charge in [-0.1, -0.05) is 65.9 Å². The van der Waals surface area contributed by atoms with Crippen molar-refractivity contribution in [2.45, 2.75) is 18.4 Å². The Bertz CT molecular complexity index is 1620. The van der Waals surface area contributed by atoms with Gasteiger partial charge in [0.2, 0.25) is 0 Å². The van der Waals surface area contributed by atoms with Gasteiger partial charge in [-0.25, -0.2) is 0 Å². The summed E-state index contributed by atoms with van der Waals surface area (Å²) in [5.41, 5.74) is 5.88. The van der Waals surface area contributed by atoms with Gasteiger partial charge in [0.25, 0.3) is 11.8 Å². The summed E-state index contributed by atoms with van der Waals surface area (Å²) in [5.74, 6) is 0.850. The second-order valence-corrected chi connectivity index (χ2v) is 11.6. The average Bonchev–Trinajstić information content (AvgIpc) is 3.03. The third-order valence-corrected chi connectivity index (χ3v) is 8.79. The summed E-state index contributed by atoms with van der Waals surface area (Å²) in [6, 6.07) is 31.9. The lowest BCUT2D eigenvalue weighted by molar-refractivity contribution is -0.114. The zero-order chi connectivity index (χ0) is 29.1. The monoisotopic (exact) mass is 575 g/mol. The number of hydrogen-bond donors (Lipinski definition) is 0. The highest BCUT2D eigenvalue weighted by atomic mass is 32.2. The zero-order valence-electron chi connectivity index (χ0n) is 23.8. The summed E-state index contributed by atoms with van der Waals surface area (Å²) >= 11 is 1.49. The van der Waals surface area contributed by atoms with E-state index in [4.69, 9.17) is 4.74 Å². The smallest absolute Gasteiger partial charge is 0.265 e. The van der Waals surface area contributed by atoms with Crippen LogP contribution in [0.15, 0.2) is 107 Å². The number of piperazine rings is 1. The lowest BCUT2D eigenvalue weighted by Gasteiger charge is -2.36. The molecule has 1 fully saturated rings. The van der Waals surface area contributed by atoms with Crippen molar-refractivity contribution in [1.82, 2.24) is 4.90 Å². The van der Waals surface area contributed by atoms with Crippen molar-refractivity contribution in [1.29, 1.82) is 0 Å². The first-order chi connectivity index (χ1) is 20.5. The molecule has 0 saturated carbocycles. The van der Waals surface area contributed by atoms with E-state index in [2.05, 4.69) is 48.2 Å². The van der Waals surface area contributed by atoms with Gasteiger partial charge in [-0.3, -0.25) is 9.59 Å². The van der Waals surface area contributed by atoms with E-state index in [1.165, 1.54) is 17.3 Å². The van der Waals surface area contributed by atoms with Crippen LogP contribution in [0.2, 0.25) is 0 Å². The number of methoxy groups -OCH3 is 1. The molecule has 42 heavy (non-hydrogen) atoms. The number of para-hydroxylation sites is 1.